The summed E-state index contributed by atoms with van der Waals surface area (Å²) in [6.45, 7) is 0. The number of hydrogen-bond donors (Lipinski definition) is 4. The average molecular weight is 460 g/mol. The van der Waals surface area contributed by atoms with Gasteiger partial charge in [0.25, 0.3) is 0 Å². The van der Waals surface area contributed by atoms with Crippen molar-refractivity contribution >= 4 is 17.1 Å². The van der Waals surface area contributed by atoms with Gasteiger partial charge in [0, 0.05) is 23.5 Å². The van der Waals surface area contributed by atoms with Gasteiger partial charge in [-0.2, -0.15) is 0 Å². The van der Waals surface area contributed by atoms with Crippen LogP contribution in [0, 0.1) is 0 Å². The van der Waals surface area contributed by atoms with Crippen LogP contribution in [0.4, 0.5) is 17.1 Å². The van der Waals surface area contributed by atoms with Gasteiger partial charge in [0.15, 0.2) is 0 Å². The quantitative estimate of drug-likeness (QED) is 0.193. The lowest BCUT2D eigenvalue weighted by Crippen LogP contribution is -2.46. The first-order chi connectivity index (χ1) is 17.1. The van der Waals surface area contributed by atoms with E-state index in [1.807, 2.05) is 97.1 Å². The van der Waals surface area contributed by atoms with Crippen LogP contribution in [-0.2, 0) is 5.60 Å². The molecule has 1 aliphatic rings. The molecule has 0 bridgehead atoms. The Morgan fingerprint density at radius 2 is 1.14 bits per heavy atom. The molecule has 5 N–H and O–H groups in total. The highest BCUT2D eigenvalue weighted by atomic mass is 16.3. The van der Waals surface area contributed by atoms with Gasteiger partial charge in [-0.25, -0.2) is 0 Å². The van der Waals surface area contributed by atoms with Gasteiger partial charge in [0.1, 0.15) is 11.3 Å². The highest BCUT2D eigenvalue weighted by Crippen LogP contribution is 2.41. The minimum absolute atomic E-state index is 0.565. The van der Waals surface area contributed by atoms with Crippen LogP contribution in [0.5, 0.6) is 0 Å². The Kier molecular flexibility index (Phi) is 6.13. The summed E-state index contributed by atoms with van der Waals surface area (Å²) < 4.78 is 0. The minimum Gasteiger partial charge on any atom is -0.399 e. The minimum atomic E-state index is -1.31. The van der Waals surface area contributed by atoms with Crippen LogP contribution in [0.15, 0.2) is 139 Å². The summed E-state index contributed by atoms with van der Waals surface area (Å²) in [7, 11) is 0. The standard InChI is InChI=1S/C31H29N3O/c32-27-18-16-25(17-19-27)31(35,24-10-4-1-5-11-24)26-20-22-30(23-21-26,33-28-12-6-2-7-13-28)34-29-14-8-3-9-15-29/h1-22,33-35H,23,32H2. The number of nitrogens with two attached hydrogens (primary N) is 1. The van der Waals surface area contributed by atoms with Gasteiger partial charge in [0.2, 0.25) is 0 Å². The largest absolute Gasteiger partial charge is 0.399 e. The Bertz CT molecular complexity index is 1270. The summed E-state index contributed by atoms with van der Waals surface area (Å²) in [5.74, 6) is 0. The Balaban J connectivity index is 1.54. The molecule has 0 heterocycles. The van der Waals surface area contributed by atoms with Crippen molar-refractivity contribution in [2.75, 3.05) is 16.4 Å². The predicted molar refractivity (Wildman–Crippen MR) is 145 cm³/mol. The van der Waals surface area contributed by atoms with Gasteiger partial charge in [-0.3, -0.25) is 0 Å². The molecule has 0 spiro atoms. The first-order valence-corrected chi connectivity index (χ1v) is 11.8. The average Bonchev–Trinajstić information content (AvgIpc) is 2.91. The fraction of sp³-hybridized carbons (Fsp3) is 0.0968. The zero-order valence-corrected chi connectivity index (χ0v) is 19.4. The third kappa shape index (κ3) is 4.70. The molecule has 0 amide bonds. The molecule has 4 heteroatoms. The molecule has 0 radical (unpaired) electrons. The molecule has 4 aromatic rings. The van der Waals surface area contributed by atoms with E-state index in [1.54, 1.807) is 0 Å². The van der Waals surface area contributed by atoms with Crippen LogP contribution >= 0.6 is 0 Å². The van der Waals surface area contributed by atoms with Crippen molar-refractivity contribution in [3.63, 3.8) is 0 Å². The van der Waals surface area contributed by atoms with Gasteiger partial charge in [-0.1, -0.05) is 91.0 Å². The molecule has 0 saturated carbocycles. The Hall–Kier alpha value is -4.28. The lowest BCUT2D eigenvalue weighted by atomic mass is 9.77. The van der Waals surface area contributed by atoms with E-state index < -0.39 is 11.3 Å². The van der Waals surface area contributed by atoms with Crippen LogP contribution in [0.1, 0.15) is 17.5 Å². The van der Waals surface area contributed by atoms with Crippen LogP contribution in [0.3, 0.4) is 0 Å². The summed E-state index contributed by atoms with van der Waals surface area (Å²) >= 11 is 0. The number of hydrogen-bond acceptors (Lipinski definition) is 4. The smallest absolute Gasteiger partial charge is 0.140 e. The second-order valence-corrected chi connectivity index (χ2v) is 8.85. The molecule has 0 fully saturated rings. The van der Waals surface area contributed by atoms with Gasteiger partial charge >= 0.3 is 0 Å². The molecule has 0 aliphatic heterocycles. The second-order valence-electron chi connectivity index (χ2n) is 8.85. The highest BCUT2D eigenvalue weighted by Gasteiger charge is 2.38. The van der Waals surface area contributed by atoms with E-state index in [0.29, 0.717) is 12.1 Å². The topological polar surface area (TPSA) is 70.3 Å². The van der Waals surface area contributed by atoms with Crippen molar-refractivity contribution in [2.45, 2.75) is 17.7 Å². The van der Waals surface area contributed by atoms with Crippen LogP contribution < -0.4 is 16.4 Å². The van der Waals surface area contributed by atoms with Gasteiger partial charge in [-0.05, 0) is 59.2 Å². The molecule has 174 valence electrons. The Morgan fingerprint density at radius 3 is 1.63 bits per heavy atom. The lowest BCUT2D eigenvalue weighted by molar-refractivity contribution is 0.124. The lowest BCUT2D eigenvalue weighted by Gasteiger charge is -2.39. The first kappa shape index (κ1) is 22.5. The summed E-state index contributed by atoms with van der Waals surface area (Å²) in [6, 6.07) is 37.5. The summed E-state index contributed by atoms with van der Waals surface area (Å²) in [4.78, 5) is 0. The first-order valence-electron chi connectivity index (χ1n) is 11.8. The molecular formula is C31H29N3O. The number of anilines is 3. The predicted octanol–water partition coefficient (Wildman–Crippen LogP) is 6.31. The van der Waals surface area contributed by atoms with E-state index in [0.717, 1.165) is 28.1 Å². The van der Waals surface area contributed by atoms with Crippen molar-refractivity contribution in [3.05, 3.63) is 150 Å². The Labute approximate surface area is 206 Å². The van der Waals surface area contributed by atoms with E-state index in [4.69, 9.17) is 5.73 Å². The molecule has 4 nitrogen and oxygen atoms in total. The molecule has 5 rings (SSSR count). The van der Waals surface area contributed by atoms with Crippen molar-refractivity contribution in [1.29, 1.82) is 0 Å². The SMILES string of the molecule is Nc1ccc(C(O)(C2=CCC(Nc3ccccc3)(Nc3ccccc3)C=C2)c2ccccc2)cc1. The maximum absolute atomic E-state index is 12.2. The fourth-order valence-corrected chi connectivity index (χ4v) is 4.59. The van der Waals surface area contributed by atoms with Crippen molar-refractivity contribution in [3.8, 4) is 0 Å². The zero-order chi connectivity index (χ0) is 24.1. The molecule has 1 atom stereocenters. The number of nitrogens with one attached hydrogen (secondary N) is 2. The number of benzene rings is 4. The fourth-order valence-electron chi connectivity index (χ4n) is 4.59. The van der Waals surface area contributed by atoms with Crippen molar-refractivity contribution < 1.29 is 5.11 Å². The maximum Gasteiger partial charge on any atom is 0.140 e. The monoisotopic (exact) mass is 459 g/mol. The van der Waals surface area contributed by atoms with Gasteiger partial charge < -0.3 is 21.5 Å². The van der Waals surface area contributed by atoms with Crippen LogP contribution in [-0.4, -0.2) is 10.8 Å². The van der Waals surface area contributed by atoms with Crippen LogP contribution in [0.25, 0.3) is 0 Å². The molecule has 35 heavy (non-hydrogen) atoms. The molecular weight excluding hydrogens is 430 g/mol. The number of rotatable bonds is 7. The maximum atomic E-state index is 12.2. The third-order valence-corrected chi connectivity index (χ3v) is 6.41. The van der Waals surface area contributed by atoms with E-state index in [9.17, 15) is 5.11 Å². The van der Waals surface area contributed by atoms with Crippen molar-refractivity contribution in [1.82, 2.24) is 0 Å². The molecule has 0 saturated heterocycles. The van der Waals surface area contributed by atoms with E-state index >= 15 is 0 Å². The summed E-state index contributed by atoms with van der Waals surface area (Å²) in [5.41, 5.74) is 9.14. The normalized spacial score (nSPS) is 16.1. The zero-order valence-electron chi connectivity index (χ0n) is 19.4. The van der Waals surface area contributed by atoms with Crippen molar-refractivity contribution in [2.24, 2.45) is 0 Å². The van der Waals surface area contributed by atoms with E-state index in [1.165, 1.54) is 0 Å². The molecule has 4 aromatic carbocycles. The van der Waals surface area contributed by atoms with E-state index in [2.05, 4.69) is 47.1 Å². The summed E-state index contributed by atoms with van der Waals surface area (Å²) in [5, 5.41) is 19.5. The summed E-state index contributed by atoms with van der Waals surface area (Å²) in [6.07, 6.45) is 6.84. The molecule has 1 aliphatic carbocycles. The molecule has 0 aromatic heterocycles. The molecule has 1 unspecified atom stereocenters. The van der Waals surface area contributed by atoms with Gasteiger partial charge in [0.05, 0.1) is 0 Å². The Morgan fingerprint density at radius 1 is 0.657 bits per heavy atom. The number of nitrogen functional groups attached to an aromatic ring is 1. The highest BCUT2D eigenvalue weighted by molar-refractivity contribution is 5.59. The van der Waals surface area contributed by atoms with E-state index in [-0.39, 0.29) is 0 Å². The number of para-hydroxylation sites is 2. The third-order valence-electron chi connectivity index (χ3n) is 6.41. The number of aliphatic hydroxyl groups is 1. The second kappa shape index (κ2) is 9.53. The van der Waals surface area contributed by atoms with Gasteiger partial charge in [-0.15, -0.1) is 0 Å². The van der Waals surface area contributed by atoms with Crippen LogP contribution in [0.2, 0.25) is 0 Å².